The van der Waals surface area contributed by atoms with Gasteiger partial charge in [0.25, 0.3) is 5.91 Å². The zero-order valence-corrected chi connectivity index (χ0v) is 10.8. The van der Waals surface area contributed by atoms with Crippen molar-refractivity contribution in [2.75, 3.05) is 25.5 Å². The molecule has 0 aliphatic rings. The Morgan fingerprint density at radius 2 is 2.16 bits per heavy atom. The molecule has 1 aromatic carbocycles. The van der Waals surface area contributed by atoms with Gasteiger partial charge in [-0.25, -0.2) is 0 Å². The van der Waals surface area contributed by atoms with Crippen LogP contribution in [0.3, 0.4) is 0 Å². The third kappa shape index (κ3) is 6.30. The predicted molar refractivity (Wildman–Crippen MR) is 70.6 cm³/mol. The number of nitrogens with two attached hydrogens (primary N) is 1. The number of anilines is 1. The molecule has 3 N–H and O–H groups in total. The molecule has 19 heavy (non-hydrogen) atoms. The second kappa shape index (κ2) is 7.97. The molecule has 6 heteroatoms. The van der Waals surface area contributed by atoms with Crippen LogP contribution in [0.5, 0.6) is 5.75 Å². The van der Waals surface area contributed by atoms with E-state index in [1.165, 1.54) is 0 Å². The van der Waals surface area contributed by atoms with Gasteiger partial charge >= 0.3 is 5.97 Å². The highest BCUT2D eigenvalue weighted by molar-refractivity contribution is 5.78. The molecule has 0 atom stereocenters. The molecule has 6 nitrogen and oxygen atoms in total. The Kier molecular flexibility index (Phi) is 6.21. The maximum atomic E-state index is 11.4. The first-order valence-corrected chi connectivity index (χ1v) is 6.02. The lowest BCUT2D eigenvalue weighted by atomic mass is 10.3. The highest BCUT2D eigenvalue weighted by Crippen LogP contribution is 2.13. The number of esters is 1. The lowest BCUT2D eigenvalue weighted by Crippen LogP contribution is -2.31. The average Bonchev–Trinajstić information content (AvgIpc) is 2.37. The van der Waals surface area contributed by atoms with E-state index < -0.39 is 0 Å². The van der Waals surface area contributed by atoms with Crippen LogP contribution in [0.25, 0.3) is 0 Å². The fourth-order valence-corrected chi connectivity index (χ4v) is 1.34. The molecule has 0 spiro atoms. The molecule has 0 aliphatic heterocycles. The maximum Gasteiger partial charge on any atom is 0.307 e. The van der Waals surface area contributed by atoms with Gasteiger partial charge in [0.05, 0.1) is 13.0 Å². The van der Waals surface area contributed by atoms with Crippen LogP contribution in [0.4, 0.5) is 5.69 Å². The molecule has 0 heterocycles. The molecule has 104 valence electrons. The normalized spacial score (nSPS) is 9.74. The molecule has 0 fully saturated rings. The second-order valence-corrected chi connectivity index (χ2v) is 3.77. The van der Waals surface area contributed by atoms with Gasteiger partial charge in [0, 0.05) is 18.3 Å². The topological polar surface area (TPSA) is 90.6 Å². The Morgan fingerprint density at radius 3 is 2.84 bits per heavy atom. The van der Waals surface area contributed by atoms with Gasteiger partial charge in [0.15, 0.2) is 6.61 Å². The number of carbonyl (C=O) groups is 2. The molecular formula is C13H18N2O4. The van der Waals surface area contributed by atoms with Gasteiger partial charge in [-0.15, -0.1) is 0 Å². The molecule has 1 rings (SSSR count). The number of nitrogens with one attached hydrogen (secondary N) is 1. The van der Waals surface area contributed by atoms with Crippen molar-refractivity contribution in [1.29, 1.82) is 0 Å². The Morgan fingerprint density at radius 1 is 1.37 bits per heavy atom. The van der Waals surface area contributed by atoms with E-state index in [-0.39, 0.29) is 31.4 Å². The van der Waals surface area contributed by atoms with Crippen molar-refractivity contribution < 1.29 is 19.1 Å². The number of nitrogen functional groups attached to an aromatic ring is 1. The number of benzene rings is 1. The van der Waals surface area contributed by atoms with Crippen molar-refractivity contribution >= 4 is 17.6 Å². The maximum absolute atomic E-state index is 11.4. The van der Waals surface area contributed by atoms with E-state index in [0.29, 0.717) is 18.0 Å². The summed E-state index contributed by atoms with van der Waals surface area (Å²) in [4.78, 5) is 22.4. The van der Waals surface area contributed by atoms with Crippen molar-refractivity contribution in [2.45, 2.75) is 13.3 Å². The summed E-state index contributed by atoms with van der Waals surface area (Å²) in [5.74, 6) is -0.105. The van der Waals surface area contributed by atoms with Crippen LogP contribution in [0.15, 0.2) is 24.3 Å². The number of hydrogen-bond acceptors (Lipinski definition) is 5. The first-order chi connectivity index (χ1) is 9.11. The van der Waals surface area contributed by atoms with Crippen LogP contribution >= 0.6 is 0 Å². The monoisotopic (exact) mass is 266 g/mol. The Balaban J connectivity index is 2.19. The van der Waals surface area contributed by atoms with Gasteiger partial charge in [0.1, 0.15) is 5.75 Å². The van der Waals surface area contributed by atoms with Crippen LogP contribution in [-0.2, 0) is 14.3 Å². The predicted octanol–water partition coefficient (Wildman–Crippen LogP) is 0.717. The van der Waals surface area contributed by atoms with E-state index in [4.69, 9.17) is 15.2 Å². The number of ether oxygens (including phenoxy) is 2. The van der Waals surface area contributed by atoms with Crippen LogP contribution < -0.4 is 15.8 Å². The lowest BCUT2D eigenvalue weighted by Gasteiger charge is -2.07. The summed E-state index contributed by atoms with van der Waals surface area (Å²) in [5, 5.41) is 2.56. The van der Waals surface area contributed by atoms with Gasteiger partial charge in [-0.3, -0.25) is 9.59 Å². The Hall–Kier alpha value is -2.24. The summed E-state index contributed by atoms with van der Waals surface area (Å²) in [6.45, 7) is 2.19. The van der Waals surface area contributed by atoms with Gasteiger partial charge in [-0.05, 0) is 19.1 Å². The van der Waals surface area contributed by atoms with Crippen molar-refractivity contribution in [2.24, 2.45) is 0 Å². The Labute approximate surface area is 111 Å². The molecule has 0 bridgehead atoms. The summed E-state index contributed by atoms with van der Waals surface area (Å²) in [6, 6.07) is 6.81. The van der Waals surface area contributed by atoms with Crippen LogP contribution in [0.2, 0.25) is 0 Å². The van der Waals surface area contributed by atoms with Gasteiger partial charge < -0.3 is 20.5 Å². The fraction of sp³-hybridized carbons (Fsp3) is 0.385. The van der Waals surface area contributed by atoms with E-state index in [0.717, 1.165) is 0 Å². The van der Waals surface area contributed by atoms with Crippen molar-refractivity contribution in [3.8, 4) is 5.75 Å². The minimum absolute atomic E-state index is 0.119. The second-order valence-electron chi connectivity index (χ2n) is 3.77. The number of carbonyl (C=O) groups excluding carboxylic acids is 2. The molecule has 0 aliphatic carbocycles. The minimum Gasteiger partial charge on any atom is -0.484 e. The molecule has 0 unspecified atom stereocenters. The van der Waals surface area contributed by atoms with E-state index in [1.807, 2.05) is 0 Å². The zero-order valence-electron chi connectivity index (χ0n) is 10.8. The number of amides is 1. The van der Waals surface area contributed by atoms with Crippen molar-refractivity contribution in [1.82, 2.24) is 5.32 Å². The van der Waals surface area contributed by atoms with E-state index in [9.17, 15) is 9.59 Å². The minimum atomic E-state index is -0.334. The van der Waals surface area contributed by atoms with Crippen LogP contribution in [0, 0.1) is 0 Å². The summed E-state index contributed by atoms with van der Waals surface area (Å²) in [7, 11) is 0. The number of rotatable bonds is 7. The lowest BCUT2D eigenvalue weighted by molar-refractivity contribution is -0.143. The van der Waals surface area contributed by atoms with E-state index in [2.05, 4.69) is 5.32 Å². The third-order valence-electron chi connectivity index (χ3n) is 2.18. The standard InChI is InChI=1S/C13H18N2O4/c1-2-18-13(17)6-7-15-12(16)9-19-11-5-3-4-10(14)8-11/h3-5,8H,2,6-7,9,14H2,1H3,(H,15,16). The van der Waals surface area contributed by atoms with Crippen LogP contribution in [-0.4, -0.2) is 31.6 Å². The molecule has 1 amide bonds. The van der Waals surface area contributed by atoms with Crippen molar-refractivity contribution in [3.63, 3.8) is 0 Å². The SMILES string of the molecule is CCOC(=O)CCNC(=O)COc1cccc(N)c1. The third-order valence-corrected chi connectivity index (χ3v) is 2.18. The van der Waals surface area contributed by atoms with Crippen molar-refractivity contribution in [3.05, 3.63) is 24.3 Å². The highest BCUT2D eigenvalue weighted by Gasteiger charge is 2.05. The van der Waals surface area contributed by atoms with Gasteiger partial charge in [-0.1, -0.05) is 6.07 Å². The quantitative estimate of drug-likeness (QED) is 0.560. The molecule has 0 saturated carbocycles. The highest BCUT2D eigenvalue weighted by atomic mass is 16.5. The summed E-state index contributed by atoms with van der Waals surface area (Å²) < 4.78 is 9.98. The van der Waals surface area contributed by atoms with Gasteiger partial charge in [-0.2, -0.15) is 0 Å². The number of hydrogen-bond donors (Lipinski definition) is 2. The first kappa shape index (κ1) is 14.8. The Bertz CT molecular complexity index is 434. The summed E-state index contributed by atoms with van der Waals surface area (Å²) >= 11 is 0. The van der Waals surface area contributed by atoms with Gasteiger partial charge in [0.2, 0.25) is 0 Å². The summed E-state index contributed by atoms with van der Waals surface area (Å²) in [5.41, 5.74) is 6.14. The molecule has 0 aromatic heterocycles. The van der Waals surface area contributed by atoms with E-state index in [1.54, 1.807) is 31.2 Å². The smallest absolute Gasteiger partial charge is 0.307 e. The average molecular weight is 266 g/mol. The van der Waals surface area contributed by atoms with Crippen LogP contribution in [0.1, 0.15) is 13.3 Å². The molecular weight excluding hydrogens is 248 g/mol. The molecule has 0 radical (unpaired) electrons. The largest absolute Gasteiger partial charge is 0.484 e. The molecule has 1 aromatic rings. The fourth-order valence-electron chi connectivity index (χ4n) is 1.34. The van der Waals surface area contributed by atoms with E-state index >= 15 is 0 Å². The zero-order chi connectivity index (χ0) is 14.1. The summed E-state index contributed by atoms with van der Waals surface area (Å²) in [6.07, 6.45) is 0.151. The first-order valence-electron chi connectivity index (χ1n) is 6.02. The molecule has 0 saturated heterocycles.